The number of anilines is 2. The van der Waals surface area contributed by atoms with Crippen LogP contribution in [-0.4, -0.2) is 11.8 Å². The number of carbonyl (C=O) groups is 2. The molecule has 0 radical (unpaired) electrons. The first-order valence-electron chi connectivity index (χ1n) is 9.10. The minimum Gasteiger partial charge on any atom is -0.457 e. The van der Waals surface area contributed by atoms with Crippen LogP contribution in [0.4, 0.5) is 11.4 Å². The van der Waals surface area contributed by atoms with Crippen molar-refractivity contribution in [3.63, 3.8) is 0 Å². The lowest BCUT2D eigenvalue weighted by atomic mass is 10.1. The van der Waals surface area contributed by atoms with Gasteiger partial charge in [-0.25, -0.2) is 0 Å². The molecule has 3 aromatic carbocycles. The lowest BCUT2D eigenvalue weighted by Crippen LogP contribution is -2.14. The SMILES string of the molecule is CCC(=O)Nc1ccc(C)c(NC(=O)c2cccc(Oc3ccccc3)c2)c1. The topological polar surface area (TPSA) is 67.4 Å². The van der Waals surface area contributed by atoms with Crippen molar-refractivity contribution in [2.45, 2.75) is 20.3 Å². The normalized spacial score (nSPS) is 10.2. The monoisotopic (exact) mass is 374 g/mol. The van der Waals surface area contributed by atoms with Crippen LogP contribution >= 0.6 is 0 Å². The third kappa shape index (κ3) is 4.98. The molecule has 0 bridgehead atoms. The van der Waals surface area contributed by atoms with E-state index in [1.165, 1.54) is 0 Å². The molecule has 0 fully saturated rings. The Labute approximate surface area is 164 Å². The van der Waals surface area contributed by atoms with Gasteiger partial charge in [0, 0.05) is 23.4 Å². The van der Waals surface area contributed by atoms with Gasteiger partial charge in [0.2, 0.25) is 5.91 Å². The van der Waals surface area contributed by atoms with Gasteiger partial charge in [0.25, 0.3) is 5.91 Å². The van der Waals surface area contributed by atoms with Crippen LogP contribution in [0.15, 0.2) is 72.8 Å². The number of ether oxygens (including phenoxy) is 1. The average molecular weight is 374 g/mol. The Morgan fingerprint density at radius 3 is 2.36 bits per heavy atom. The van der Waals surface area contributed by atoms with Crippen LogP contribution in [0, 0.1) is 6.92 Å². The number of hydrogen-bond acceptors (Lipinski definition) is 3. The minimum absolute atomic E-state index is 0.0770. The van der Waals surface area contributed by atoms with Crippen molar-refractivity contribution in [2.75, 3.05) is 10.6 Å². The maximum Gasteiger partial charge on any atom is 0.255 e. The summed E-state index contributed by atoms with van der Waals surface area (Å²) in [4.78, 5) is 24.3. The van der Waals surface area contributed by atoms with Gasteiger partial charge < -0.3 is 15.4 Å². The van der Waals surface area contributed by atoms with Crippen LogP contribution in [-0.2, 0) is 4.79 Å². The van der Waals surface area contributed by atoms with E-state index in [0.29, 0.717) is 34.9 Å². The molecule has 142 valence electrons. The molecule has 5 heteroatoms. The number of aryl methyl sites for hydroxylation is 1. The predicted molar refractivity (Wildman–Crippen MR) is 111 cm³/mol. The lowest BCUT2D eigenvalue weighted by molar-refractivity contribution is -0.115. The van der Waals surface area contributed by atoms with Crippen molar-refractivity contribution in [3.8, 4) is 11.5 Å². The van der Waals surface area contributed by atoms with Crippen LogP contribution in [0.2, 0.25) is 0 Å². The van der Waals surface area contributed by atoms with E-state index in [0.717, 1.165) is 5.56 Å². The van der Waals surface area contributed by atoms with E-state index >= 15 is 0 Å². The van der Waals surface area contributed by atoms with Crippen molar-refractivity contribution in [3.05, 3.63) is 83.9 Å². The first kappa shape index (κ1) is 19.2. The Hall–Kier alpha value is -3.60. The number of amides is 2. The highest BCUT2D eigenvalue weighted by Crippen LogP contribution is 2.24. The smallest absolute Gasteiger partial charge is 0.255 e. The molecule has 0 atom stereocenters. The van der Waals surface area contributed by atoms with Crippen LogP contribution in [0.25, 0.3) is 0 Å². The molecule has 0 aliphatic heterocycles. The largest absolute Gasteiger partial charge is 0.457 e. The Kier molecular flexibility index (Phi) is 6.07. The highest BCUT2D eigenvalue weighted by molar-refractivity contribution is 6.05. The molecule has 0 heterocycles. The molecule has 0 saturated carbocycles. The minimum atomic E-state index is -0.249. The van der Waals surface area contributed by atoms with Crippen LogP contribution < -0.4 is 15.4 Å². The number of rotatable bonds is 6. The van der Waals surface area contributed by atoms with Gasteiger partial charge in [0.05, 0.1) is 0 Å². The van der Waals surface area contributed by atoms with Crippen molar-refractivity contribution in [2.24, 2.45) is 0 Å². The fraction of sp³-hybridized carbons (Fsp3) is 0.130. The first-order chi connectivity index (χ1) is 13.5. The van der Waals surface area contributed by atoms with Crippen LogP contribution in [0.5, 0.6) is 11.5 Å². The lowest BCUT2D eigenvalue weighted by Gasteiger charge is -2.12. The molecule has 3 aromatic rings. The summed E-state index contributed by atoms with van der Waals surface area (Å²) in [7, 11) is 0. The third-order valence-corrected chi connectivity index (χ3v) is 4.17. The van der Waals surface area contributed by atoms with E-state index < -0.39 is 0 Å². The summed E-state index contributed by atoms with van der Waals surface area (Å²) in [6, 6.07) is 21.8. The van der Waals surface area contributed by atoms with Crippen LogP contribution in [0.1, 0.15) is 29.3 Å². The molecule has 5 nitrogen and oxygen atoms in total. The van der Waals surface area contributed by atoms with E-state index in [-0.39, 0.29) is 11.8 Å². The molecule has 3 rings (SSSR count). The zero-order valence-electron chi connectivity index (χ0n) is 15.9. The van der Waals surface area contributed by atoms with Crippen molar-refractivity contribution in [1.29, 1.82) is 0 Å². The third-order valence-electron chi connectivity index (χ3n) is 4.17. The molecule has 2 N–H and O–H groups in total. The summed E-state index contributed by atoms with van der Waals surface area (Å²) in [6.07, 6.45) is 0.393. The fourth-order valence-electron chi connectivity index (χ4n) is 2.60. The Morgan fingerprint density at radius 1 is 0.857 bits per heavy atom. The molecular formula is C23H22N2O3. The number of para-hydroxylation sites is 1. The summed E-state index contributed by atoms with van der Waals surface area (Å²) in [5, 5.41) is 5.70. The zero-order valence-corrected chi connectivity index (χ0v) is 15.9. The maximum absolute atomic E-state index is 12.7. The number of benzene rings is 3. The van der Waals surface area contributed by atoms with Gasteiger partial charge in [-0.05, 0) is 55.0 Å². The van der Waals surface area contributed by atoms with E-state index in [1.807, 2.05) is 49.4 Å². The molecule has 2 amide bonds. The number of carbonyl (C=O) groups excluding carboxylic acids is 2. The summed E-state index contributed by atoms with van der Waals surface area (Å²) >= 11 is 0. The molecular weight excluding hydrogens is 352 g/mol. The van der Waals surface area contributed by atoms with E-state index in [4.69, 9.17) is 4.74 Å². The van der Waals surface area contributed by atoms with Gasteiger partial charge in [-0.15, -0.1) is 0 Å². The molecule has 0 unspecified atom stereocenters. The fourth-order valence-corrected chi connectivity index (χ4v) is 2.60. The Morgan fingerprint density at radius 2 is 1.61 bits per heavy atom. The standard InChI is InChI=1S/C23H22N2O3/c1-3-22(26)24-18-13-12-16(2)21(15-18)25-23(27)17-8-7-11-20(14-17)28-19-9-5-4-6-10-19/h4-15H,3H2,1-2H3,(H,24,26)(H,25,27). The second-order valence-corrected chi connectivity index (χ2v) is 6.33. The molecule has 0 aliphatic rings. The van der Waals surface area contributed by atoms with Crippen molar-refractivity contribution >= 4 is 23.2 Å². The van der Waals surface area contributed by atoms with E-state index in [1.54, 1.807) is 37.3 Å². The quantitative estimate of drug-likeness (QED) is 0.608. The van der Waals surface area contributed by atoms with Gasteiger partial charge in [-0.2, -0.15) is 0 Å². The molecule has 0 aliphatic carbocycles. The van der Waals surface area contributed by atoms with Gasteiger partial charge in [-0.3, -0.25) is 9.59 Å². The van der Waals surface area contributed by atoms with Crippen molar-refractivity contribution < 1.29 is 14.3 Å². The van der Waals surface area contributed by atoms with Gasteiger partial charge in [0.1, 0.15) is 11.5 Å². The Balaban J connectivity index is 1.75. The van der Waals surface area contributed by atoms with E-state index in [9.17, 15) is 9.59 Å². The molecule has 0 saturated heterocycles. The summed E-state index contributed by atoms with van der Waals surface area (Å²) in [5.74, 6) is 0.960. The molecule has 0 aromatic heterocycles. The average Bonchev–Trinajstić information content (AvgIpc) is 2.71. The molecule has 0 spiro atoms. The highest BCUT2D eigenvalue weighted by atomic mass is 16.5. The molecule has 28 heavy (non-hydrogen) atoms. The Bertz CT molecular complexity index is 984. The van der Waals surface area contributed by atoms with Gasteiger partial charge >= 0.3 is 0 Å². The van der Waals surface area contributed by atoms with Crippen LogP contribution in [0.3, 0.4) is 0 Å². The zero-order chi connectivity index (χ0) is 19.9. The van der Waals surface area contributed by atoms with Gasteiger partial charge in [-0.1, -0.05) is 37.3 Å². The summed E-state index contributed by atoms with van der Waals surface area (Å²) in [6.45, 7) is 3.69. The summed E-state index contributed by atoms with van der Waals surface area (Å²) < 4.78 is 5.79. The van der Waals surface area contributed by atoms with Crippen molar-refractivity contribution in [1.82, 2.24) is 0 Å². The highest BCUT2D eigenvalue weighted by Gasteiger charge is 2.10. The first-order valence-corrected chi connectivity index (χ1v) is 9.10. The maximum atomic E-state index is 12.7. The second kappa shape index (κ2) is 8.86. The van der Waals surface area contributed by atoms with Gasteiger partial charge in [0.15, 0.2) is 0 Å². The second-order valence-electron chi connectivity index (χ2n) is 6.33. The number of hydrogen-bond donors (Lipinski definition) is 2. The predicted octanol–water partition coefficient (Wildman–Crippen LogP) is 5.39. The summed E-state index contributed by atoms with van der Waals surface area (Å²) in [5.41, 5.74) is 2.68. The van der Waals surface area contributed by atoms with E-state index in [2.05, 4.69) is 10.6 Å². The number of nitrogens with one attached hydrogen (secondary N) is 2.